The van der Waals surface area contributed by atoms with Crippen molar-refractivity contribution < 1.29 is 14.4 Å². The standard InChI is InChI=1S/C34H39N5O3/c1-3-25-11-7-8-14-27(25)22-39(24(2)40)34(42)31(19-28-20-36-30-16-10-9-15-29(28)30)37-33(41)23-38-18-17-35-21-32(38)26-12-5-4-6-13-26/h4-16,20,31-32,35-36H,3,17-19,21-23H2,1-2H3,(H,37,41). The van der Waals surface area contributed by atoms with Gasteiger partial charge in [-0.2, -0.15) is 0 Å². The number of imide groups is 1. The number of piperazine rings is 1. The molecule has 2 atom stereocenters. The summed E-state index contributed by atoms with van der Waals surface area (Å²) in [6.45, 7) is 6.00. The van der Waals surface area contributed by atoms with E-state index in [1.54, 1.807) is 0 Å². The second kappa shape index (κ2) is 13.6. The molecule has 1 fully saturated rings. The molecule has 4 aromatic rings. The SMILES string of the molecule is CCc1ccccc1CN(C(C)=O)C(=O)C(Cc1c[nH]c2ccccc12)NC(=O)CN1CCNCC1c1ccccc1. The van der Waals surface area contributed by atoms with Gasteiger partial charge in [-0.15, -0.1) is 0 Å². The summed E-state index contributed by atoms with van der Waals surface area (Å²) in [6.07, 6.45) is 2.93. The second-order valence-corrected chi connectivity index (χ2v) is 10.9. The number of carbonyl (C=O) groups is 3. The average molecular weight is 566 g/mol. The highest BCUT2D eigenvalue weighted by Gasteiger charge is 2.32. The topological polar surface area (TPSA) is 97.5 Å². The van der Waals surface area contributed by atoms with Crippen LogP contribution in [0.5, 0.6) is 0 Å². The minimum Gasteiger partial charge on any atom is -0.361 e. The molecule has 8 nitrogen and oxygen atoms in total. The average Bonchev–Trinajstić information content (AvgIpc) is 3.42. The summed E-state index contributed by atoms with van der Waals surface area (Å²) >= 11 is 0. The number of hydrogen-bond acceptors (Lipinski definition) is 5. The number of nitrogens with one attached hydrogen (secondary N) is 3. The molecule has 0 saturated carbocycles. The van der Waals surface area contributed by atoms with E-state index < -0.39 is 11.9 Å². The van der Waals surface area contributed by atoms with Gasteiger partial charge in [0, 0.05) is 56.1 Å². The Morgan fingerprint density at radius 1 is 0.952 bits per heavy atom. The number of para-hydroxylation sites is 1. The third-order valence-electron chi connectivity index (χ3n) is 8.09. The third-order valence-corrected chi connectivity index (χ3v) is 8.09. The van der Waals surface area contributed by atoms with E-state index >= 15 is 0 Å². The highest BCUT2D eigenvalue weighted by Crippen LogP contribution is 2.23. The zero-order valence-corrected chi connectivity index (χ0v) is 24.3. The summed E-state index contributed by atoms with van der Waals surface area (Å²) in [4.78, 5) is 47.3. The highest BCUT2D eigenvalue weighted by molar-refractivity contribution is 5.99. The van der Waals surface area contributed by atoms with Gasteiger partial charge in [-0.3, -0.25) is 24.2 Å². The molecule has 1 aromatic heterocycles. The first-order chi connectivity index (χ1) is 20.4. The Labute approximate surface area is 247 Å². The van der Waals surface area contributed by atoms with E-state index in [2.05, 4.69) is 39.6 Å². The van der Waals surface area contributed by atoms with Crippen molar-refractivity contribution in [3.8, 4) is 0 Å². The van der Waals surface area contributed by atoms with Crippen molar-refractivity contribution in [2.24, 2.45) is 0 Å². The molecule has 0 radical (unpaired) electrons. The first-order valence-corrected chi connectivity index (χ1v) is 14.7. The highest BCUT2D eigenvalue weighted by atomic mass is 16.2. The van der Waals surface area contributed by atoms with Gasteiger partial charge in [0.05, 0.1) is 13.1 Å². The van der Waals surface area contributed by atoms with Crippen LogP contribution in [0.2, 0.25) is 0 Å². The first kappa shape index (κ1) is 29.2. The molecule has 218 valence electrons. The lowest BCUT2D eigenvalue weighted by molar-refractivity contribution is -0.147. The zero-order chi connectivity index (χ0) is 29.5. The molecule has 0 bridgehead atoms. The summed E-state index contributed by atoms with van der Waals surface area (Å²) < 4.78 is 0. The smallest absolute Gasteiger partial charge is 0.252 e. The molecule has 0 spiro atoms. The number of aromatic amines is 1. The number of aryl methyl sites for hydroxylation is 1. The van der Waals surface area contributed by atoms with Crippen LogP contribution in [-0.4, -0.2) is 64.7 Å². The normalized spacial score (nSPS) is 16.2. The van der Waals surface area contributed by atoms with E-state index in [0.717, 1.165) is 52.7 Å². The van der Waals surface area contributed by atoms with Crippen LogP contribution in [0.3, 0.4) is 0 Å². The van der Waals surface area contributed by atoms with E-state index in [1.807, 2.05) is 72.9 Å². The maximum Gasteiger partial charge on any atom is 0.252 e. The van der Waals surface area contributed by atoms with Gasteiger partial charge in [-0.1, -0.05) is 79.7 Å². The van der Waals surface area contributed by atoms with Crippen LogP contribution in [0.4, 0.5) is 0 Å². The van der Waals surface area contributed by atoms with Gasteiger partial charge in [0.1, 0.15) is 6.04 Å². The summed E-state index contributed by atoms with van der Waals surface area (Å²) in [5.41, 5.74) is 5.01. The number of fused-ring (bicyclic) bond motifs is 1. The number of benzene rings is 3. The molecule has 3 aromatic carbocycles. The number of nitrogens with zero attached hydrogens (tertiary/aromatic N) is 2. The number of H-pyrrole nitrogens is 1. The Balaban J connectivity index is 1.40. The summed E-state index contributed by atoms with van der Waals surface area (Å²) in [5, 5.41) is 7.45. The van der Waals surface area contributed by atoms with Gasteiger partial charge >= 0.3 is 0 Å². The van der Waals surface area contributed by atoms with Crippen LogP contribution < -0.4 is 10.6 Å². The zero-order valence-electron chi connectivity index (χ0n) is 24.3. The predicted molar refractivity (Wildman–Crippen MR) is 165 cm³/mol. The van der Waals surface area contributed by atoms with Gasteiger partial charge in [0.25, 0.3) is 5.91 Å². The minimum atomic E-state index is -0.910. The Morgan fingerprint density at radius 3 is 2.43 bits per heavy atom. The van der Waals surface area contributed by atoms with Gasteiger partial charge in [0.15, 0.2) is 0 Å². The minimum absolute atomic E-state index is 0.0488. The van der Waals surface area contributed by atoms with Crippen molar-refractivity contribution in [2.75, 3.05) is 26.2 Å². The lowest BCUT2D eigenvalue weighted by Gasteiger charge is -2.36. The van der Waals surface area contributed by atoms with Crippen molar-refractivity contribution in [1.29, 1.82) is 0 Å². The molecule has 1 aliphatic heterocycles. The molecule has 5 rings (SSSR count). The van der Waals surface area contributed by atoms with Crippen molar-refractivity contribution >= 4 is 28.6 Å². The van der Waals surface area contributed by atoms with Crippen LogP contribution >= 0.6 is 0 Å². The lowest BCUT2D eigenvalue weighted by Crippen LogP contribution is -2.54. The molecule has 3 amide bonds. The number of aromatic nitrogens is 1. The van der Waals surface area contributed by atoms with Crippen LogP contribution in [0, 0.1) is 0 Å². The quantitative estimate of drug-likeness (QED) is 0.270. The monoisotopic (exact) mass is 565 g/mol. The predicted octanol–water partition coefficient (Wildman–Crippen LogP) is 3.98. The van der Waals surface area contributed by atoms with Gasteiger partial charge in [-0.05, 0) is 34.7 Å². The van der Waals surface area contributed by atoms with E-state index in [-0.39, 0.29) is 37.4 Å². The maximum absolute atomic E-state index is 14.1. The Kier molecular flexibility index (Phi) is 9.46. The number of hydrogen-bond donors (Lipinski definition) is 3. The molecule has 2 heterocycles. The Bertz CT molecular complexity index is 1530. The van der Waals surface area contributed by atoms with E-state index in [0.29, 0.717) is 6.54 Å². The van der Waals surface area contributed by atoms with Crippen molar-refractivity contribution in [3.05, 3.63) is 107 Å². The molecule has 42 heavy (non-hydrogen) atoms. The van der Waals surface area contributed by atoms with Crippen molar-refractivity contribution in [3.63, 3.8) is 0 Å². The molecular weight excluding hydrogens is 526 g/mol. The van der Waals surface area contributed by atoms with E-state index in [4.69, 9.17) is 0 Å². The van der Waals surface area contributed by atoms with Crippen LogP contribution in [0.15, 0.2) is 85.1 Å². The molecule has 0 aliphatic carbocycles. The van der Waals surface area contributed by atoms with Crippen LogP contribution in [0.25, 0.3) is 10.9 Å². The maximum atomic E-state index is 14.1. The number of rotatable bonds is 10. The summed E-state index contributed by atoms with van der Waals surface area (Å²) in [5.74, 6) is -1.00. The Morgan fingerprint density at radius 2 is 1.67 bits per heavy atom. The lowest BCUT2D eigenvalue weighted by atomic mass is 10.0. The number of amides is 3. The van der Waals surface area contributed by atoms with Gasteiger partial charge < -0.3 is 15.6 Å². The van der Waals surface area contributed by atoms with Crippen LogP contribution in [0.1, 0.15) is 42.1 Å². The molecule has 1 aliphatic rings. The largest absolute Gasteiger partial charge is 0.361 e. The fraction of sp³-hybridized carbons (Fsp3) is 0.324. The van der Waals surface area contributed by atoms with Crippen molar-refractivity contribution in [1.82, 2.24) is 25.4 Å². The van der Waals surface area contributed by atoms with Gasteiger partial charge in [-0.25, -0.2) is 0 Å². The molecule has 1 saturated heterocycles. The molecule has 8 heteroatoms. The third kappa shape index (κ3) is 6.78. The molecule has 2 unspecified atom stereocenters. The summed E-state index contributed by atoms with van der Waals surface area (Å²) in [7, 11) is 0. The van der Waals surface area contributed by atoms with Crippen LogP contribution in [-0.2, 0) is 33.8 Å². The molecule has 3 N–H and O–H groups in total. The summed E-state index contributed by atoms with van der Waals surface area (Å²) in [6, 6.07) is 25.0. The number of carbonyl (C=O) groups excluding carboxylic acids is 3. The van der Waals surface area contributed by atoms with E-state index in [9.17, 15) is 14.4 Å². The second-order valence-electron chi connectivity index (χ2n) is 10.9. The fourth-order valence-electron chi connectivity index (χ4n) is 5.84. The fourth-order valence-corrected chi connectivity index (χ4v) is 5.84. The Hall–Kier alpha value is -4.27. The molecular formula is C34H39N5O3. The van der Waals surface area contributed by atoms with E-state index in [1.165, 1.54) is 11.8 Å². The van der Waals surface area contributed by atoms with Crippen molar-refractivity contribution in [2.45, 2.75) is 45.3 Å². The van der Waals surface area contributed by atoms with Gasteiger partial charge in [0.2, 0.25) is 11.8 Å². The first-order valence-electron chi connectivity index (χ1n) is 14.7.